The third-order valence-electron chi connectivity index (χ3n) is 10.8. The van der Waals surface area contributed by atoms with Gasteiger partial charge in [-0.05, 0) is 62.3 Å². The van der Waals surface area contributed by atoms with Crippen molar-refractivity contribution in [3.05, 3.63) is 107 Å². The van der Waals surface area contributed by atoms with Crippen LogP contribution in [0.2, 0.25) is 0 Å². The standard InChI is InChI=1S/C38H37N3O7/c1-21-13-15-24(16-14-21)39-41-35(46)29-20-28-25(17-18-26-31(28)36(47)40(34(26)45)19-7-12-30(42)43)32(27-11-6-8-22(2)33(27)44)38(29,37(41)48)23-9-4-3-5-10-23/h3-6,8-11,13-17,26,28-29,31-32,39,44H,7,12,18-20H2,1-2H3,(H,42,43)/t26-,28+,29-,31-,32+,38+/m0/s1. The molecule has 0 radical (unpaired) electrons. The normalized spacial score (nSPS) is 27.8. The summed E-state index contributed by atoms with van der Waals surface area (Å²) >= 11 is 0. The number of likely N-dealkylation sites (tertiary alicyclic amines) is 1. The molecule has 48 heavy (non-hydrogen) atoms. The quantitative estimate of drug-likeness (QED) is 0.232. The number of nitrogens with zero attached hydrogens (tertiary/aromatic N) is 2. The molecule has 0 aromatic heterocycles. The molecular formula is C38H37N3O7. The van der Waals surface area contributed by atoms with E-state index in [4.69, 9.17) is 5.11 Å². The van der Waals surface area contributed by atoms with E-state index in [-0.39, 0.29) is 49.8 Å². The zero-order chi connectivity index (χ0) is 33.9. The number of amides is 4. The predicted molar refractivity (Wildman–Crippen MR) is 175 cm³/mol. The van der Waals surface area contributed by atoms with Crippen LogP contribution < -0.4 is 5.43 Å². The zero-order valence-corrected chi connectivity index (χ0v) is 26.8. The van der Waals surface area contributed by atoms with Gasteiger partial charge in [0.2, 0.25) is 11.8 Å². The lowest BCUT2D eigenvalue weighted by Gasteiger charge is -2.50. The molecule has 10 heteroatoms. The Morgan fingerprint density at radius 1 is 0.896 bits per heavy atom. The van der Waals surface area contributed by atoms with Crippen LogP contribution in [0, 0.1) is 37.5 Å². The molecule has 10 nitrogen and oxygen atoms in total. The van der Waals surface area contributed by atoms with Crippen molar-refractivity contribution in [3.8, 4) is 5.75 Å². The maximum Gasteiger partial charge on any atom is 0.303 e. The minimum atomic E-state index is -1.47. The number of aliphatic carboxylic acids is 1. The van der Waals surface area contributed by atoms with E-state index < -0.39 is 52.8 Å². The van der Waals surface area contributed by atoms with Crippen LogP contribution in [0.25, 0.3) is 0 Å². The van der Waals surface area contributed by atoms with Crippen molar-refractivity contribution < 1.29 is 34.2 Å². The molecule has 2 aliphatic carbocycles. The smallest absolute Gasteiger partial charge is 0.303 e. The number of rotatable bonds is 8. The maximum absolute atomic E-state index is 15.1. The summed E-state index contributed by atoms with van der Waals surface area (Å²) in [6.07, 6.45) is 2.31. The van der Waals surface area contributed by atoms with Crippen molar-refractivity contribution in [1.82, 2.24) is 9.91 Å². The number of para-hydroxylation sites is 1. The molecule has 2 saturated heterocycles. The van der Waals surface area contributed by atoms with Gasteiger partial charge in [-0.3, -0.25) is 34.3 Å². The van der Waals surface area contributed by atoms with Gasteiger partial charge in [0, 0.05) is 24.4 Å². The van der Waals surface area contributed by atoms with Crippen LogP contribution in [0.15, 0.2) is 84.4 Å². The van der Waals surface area contributed by atoms with Gasteiger partial charge < -0.3 is 10.2 Å². The molecule has 4 aliphatic rings. The Hall–Kier alpha value is -5.25. The van der Waals surface area contributed by atoms with Gasteiger partial charge in [-0.15, -0.1) is 0 Å². The number of aryl methyl sites for hydroxylation is 2. The van der Waals surface area contributed by atoms with Gasteiger partial charge in [-0.25, -0.2) is 0 Å². The summed E-state index contributed by atoms with van der Waals surface area (Å²) in [6, 6.07) is 21.9. The summed E-state index contributed by atoms with van der Waals surface area (Å²) in [7, 11) is 0. The molecule has 4 amide bonds. The molecular weight excluding hydrogens is 610 g/mol. The van der Waals surface area contributed by atoms with Crippen molar-refractivity contribution >= 4 is 35.3 Å². The fourth-order valence-electron chi connectivity index (χ4n) is 8.68. The summed E-state index contributed by atoms with van der Waals surface area (Å²) in [5.74, 6) is -6.35. The molecule has 246 valence electrons. The van der Waals surface area contributed by atoms with Crippen LogP contribution in [0.4, 0.5) is 5.69 Å². The van der Waals surface area contributed by atoms with E-state index in [0.717, 1.165) is 16.1 Å². The van der Waals surface area contributed by atoms with Crippen LogP contribution >= 0.6 is 0 Å². The molecule has 2 heterocycles. The molecule has 1 saturated carbocycles. The first-order valence-electron chi connectivity index (χ1n) is 16.4. The number of carbonyl (C=O) groups excluding carboxylic acids is 4. The Bertz CT molecular complexity index is 1870. The number of fused-ring (bicyclic) bond motifs is 4. The van der Waals surface area contributed by atoms with E-state index in [9.17, 15) is 24.3 Å². The minimum Gasteiger partial charge on any atom is -0.507 e. The maximum atomic E-state index is 15.1. The van der Waals surface area contributed by atoms with Crippen molar-refractivity contribution in [2.24, 2.45) is 23.7 Å². The van der Waals surface area contributed by atoms with Crippen molar-refractivity contribution in [1.29, 1.82) is 0 Å². The number of nitrogens with one attached hydrogen (secondary N) is 1. The van der Waals surface area contributed by atoms with Gasteiger partial charge in [-0.1, -0.05) is 77.9 Å². The van der Waals surface area contributed by atoms with Crippen molar-refractivity contribution in [2.75, 3.05) is 12.0 Å². The monoisotopic (exact) mass is 647 g/mol. The highest BCUT2D eigenvalue weighted by Crippen LogP contribution is 2.65. The van der Waals surface area contributed by atoms with Gasteiger partial charge >= 0.3 is 5.97 Å². The van der Waals surface area contributed by atoms with Crippen molar-refractivity contribution in [2.45, 2.75) is 50.9 Å². The van der Waals surface area contributed by atoms with Gasteiger partial charge in [0.25, 0.3) is 11.8 Å². The Morgan fingerprint density at radius 2 is 1.62 bits per heavy atom. The molecule has 3 fully saturated rings. The molecule has 6 atom stereocenters. The average molecular weight is 648 g/mol. The lowest BCUT2D eigenvalue weighted by atomic mass is 9.49. The van der Waals surface area contributed by atoms with E-state index in [1.807, 2.05) is 61.5 Å². The fourth-order valence-corrected chi connectivity index (χ4v) is 8.68. The predicted octanol–water partition coefficient (Wildman–Crippen LogP) is 4.86. The number of hydrazine groups is 1. The Morgan fingerprint density at radius 3 is 2.33 bits per heavy atom. The number of hydrogen-bond acceptors (Lipinski definition) is 7. The summed E-state index contributed by atoms with van der Waals surface area (Å²) in [4.78, 5) is 69.8. The highest BCUT2D eigenvalue weighted by Gasteiger charge is 2.70. The Kier molecular flexibility index (Phi) is 7.69. The second-order valence-electron chi connectivity index (χ2n) is 13.4. The number of carboxylic acid groups (broad SMARTS) is 1. The lowest BCUT2D eigenvalue weighted by Crippen LogP contribution is -2.53. The minimum absolute atomic E-state index is 0.00413. The highest BCUT2D eigenvalue weighted by atomic mass is 16.4. The van der Waals surface area contributed by atoms with Crippen LogP contribution in [-0.2, 0) is 29.4 Å². The van der Waals surface area contributed by atoms with Gasteiger partial charge in [0.05, 0.1) is 28.9 Å². The average Bonchev–Trinajstić information content (AvgIpc) is 3.44. The molecule has 3 aromatic rings. The summed E-state index contributed by atoms with van der Waals surface area (Å²) in [5.41, 5.74) is 5.64. The number of anilines is 1. The first kappa shape index (κ1) is 31.4. The number of imide groups is 2. The van der Waals surface area contributed by atoms with Crippen LogP contribution in [0.5, 0.6) is 5.75 Å². The molecule has 3 N–H and O–H groups in total. The number of carboxylic acids is 1. The molecule has 0 spiro atoms. The number of hydrogen-bond donors (Lipinski definition) is 3. The lowest BCUT2D eigenvalue weighted by molar-refractivity contribution is -0.142. The number of phenols is 1. The SMILES string of the molecule is Cc1ccc(NN2C(=O)[C@@H]3C[C@@H]4C(=CC[C@@H]5C(=O)N(CCCC(=O)O)C(=O)[C@@H]54)[C@H](c4cccc(C)c4O)[C@]3(c3ccccc3)C2=O)cc1. The number of carbonyl (C=O) groups is 5. The number of phenolic OH excluding ortho intramolecular Hbond substituents is 1. The van der Waals surface area contributed by atoms with E-state index in [2.05, 4.69) is 5.43 Å². The Balaban J connectivity index is 1.40. The number of benzene rings is 3. The highest BCUT2D eigenvalue weighted by molar-refractivity contribution is 6.13. The van der Waals surface area contributed by atoms with Crippen LogP contribution in [-0.4, -0.2) is 56.3 Å². The van der Waals surface area contributed by atoms with E-state index >= 15 is 4.79 Å². The topological polar surface area (TPSA) is 144 Å². The van der Waals surface area contributed by atoms with Crippen LogP contribution in [0.3, 0.4) is 0 Å². The third kappa shape index (κ3) is 4.64. The number of allylic oxidation sites excluding steroid dienone is 2. The number of aromatic hydroxyl groups is 1. The summed E-state index contributed by atoms with van der Waals surface area (Å²) in [6.45, 7) is 3.72. The van der Waals surface area contributed by atoms with Crippen molar-refractivity contribution in [3.63, 3.8) is 0 Å². The molecule has 7 rings (SSSR count). The first-order chi connectivity index (χ1) is 23.0. The molecule has 2 aliphatic heterocycles. The first-order valence-corrected chi connectivity index (χ1v) is 16.4. The second-order valence-corrected chi connectivity index (χ2v) is 13.4. The second kappa shape index (κ2) is 11.8. The Labute approximate surface area is 278 Å². The zero-order valence-electron chi connectivity index (χ0n) is 26.8. The van der Waals surface area contributed by atoms with E-state index in [1.165, 1.54) is 4.90 Å². The van der Waals surface area contributed by atoms with Gasteiger partial charge in [0.1, 0.15) is 5.75 Å². The van der Waals surface area contributed by atoms with E-state index in [1.54, 1.807) is 31.2 Å². The fraction of sp³-hybridized carbons (Fsp3) is 0.342. The molecule has 0 bridgehead atoms. The summed E-state index contributed by atoms with van der Waals surface area (Å²) in [5, 5.41) is 21.9. The summed E-state index contributed by atoms with van der Waals surface area (Å²) < 4.78 is 0. The van der Waals surface area contributed by atoms with Gasteiger partial charge in [-0.2, -0.15) is 5.01 Å². The van der Waals surface area contributed by atoms with Gasteiger partial charge in [0.15, 0.2) is 0 Å². The molecule has 0 unspecified atom stereocenters. The largest absolute Gasteiger partial charge is 0.507 e. The third-order valence-corrected chi connectivity index (χ3v) is 10.8. The van der Waals surface area contributed by atoms with E-state index in [0.29, 0.717) is 22.4 Å². The van der Waals surface area contributed by atoms with Crippen LogP contribution in [0.1, 0.15) is 53.9 Å². The molecule has 3 aromatic carbocycles.